The third-order valence-electron chi connectivity index (χ3n) is 4.20. The summed E-state index contributed by atoms with van der Waals surface area (Å²) < 4.78 is 0. The maximum Gasteiger partial charge on any atom is 0.220 e. The van der Waals surface area contributed by atoms with E-state index in [1.54, 1.807) is 0 Å². The van der Waals surface area contributed by atoms with Crippen LogP contribution in [0.15, 0.2) is 48.6 Å². The summed E-state index contributed by atoms with van der Waals surface area (Å²) in [5.41, 5.74) is 0. The first-order valence-electron chi connectivity index (χ1n) is 10.3. The van der Waals surface area contributed by atoms with E-state index in [4.69, 9.17) is 11.6 Å². The molecule has 0 spiro atoms. The summed E-state index contributed by atoms with van der Waals surface area (Å²) in [5.74, 6) is 1.00. The predicted octanol–water partition coefficient (Wildman–Crippen LogP) is 6.63. The third-order valence-corrected chi connectivity index (χ3v) is 4.47. The minimum absolute atomic E-state index is 0.216. The van der Waals surface area contributed by atoms with Gasteiger partial charge in [-0.05, 0) is 64.2 Å². The van der Waals surface area contributed by atoms with Crippen LogP contribution in [-0.4, -0.2) is 17.8 Å². The van der Waals surface area contributed by atoms with Crippen molar-refractivity contribution in [3.05, 3.63) is 48.6 Å². The molecule has 0 aliphatic heterocycles. The Morgan fingerprint density at radius 2 is 1.31 bits per heavy atom. The monoisotopic (exact) mass is 377 g/mol. The lowest BCUT2D eigenvalue weighted by Crippen LogP contribution is -2.24. The zero-order chi connectivity index (χ0) is 18.7. The molecule has 1 amide bonds. The van der Waals surface area contributed by atoms with E-state index in [0.29, 0.717) is 12.5 Å². The molecule has 0 bridgehead atoms. The quantitative estimate of drug-likeness (QED) is 0.182. The van der Waals surface area contributed by atoms with Gasteiger partial charge in [0.15, 0.2) is 0 Å². The fourth-order valence-corrected chi connectivity index (χ4v) is 2.68. The lowest BCUT2D eigenvalue weighted by Gasteiger charge is -2.00. The summed E-state index contributed by atoms with van der Waals surface area (Å²) in [6.07, 6.45) is 30.4. The van der Waals surface area contributed by atoms with Crippen LogP contribution < -0.4 is 5.32 Å². The highest BCUT2D eigenvalue weighted by Crippen LogP contribution is 2.18. The number of unbranched alkanes of at least 4 members (excludes halogenated alkanes) is 4. The van der Waals surface area contributed by atoms with Crippen molar-refractivity contribution < 1.29 is 4.79 Å². The van der Waals surface area contributed by atoms with E-state index in [-0.39, 0.29) is 5.91 Å². The Morgan fingerprint density at radius 1 is 0.769 bits per heavy atom. The van der Waals surface area contributed by atoms with Gasteiger partial charge in [-0.25, -0.2) is 0 Å². The molecule has 146 valence electrons. The minimum atomic E-state index is 0.216. The van der Waals surface area contributed by atoms with Crippen molar-refractivity contribution in [3.8, 4) is 0 Å². The van der Waals surface area contributed by atoms with E-state index in [2.05, 4.69) is 53.9 Å². The van der Waals surface area contributed by atoms with Crippen molar-refractivity contribution in [2.75, 3.05) is 5.88 Å². The molecule has 0 aromatic heterocycles. The number of rotatable bonds is 16. The fraction of sp³-hybridized carbons (Fsp3) is 0.609. The Labute approximate surface area is 165 Å². The van der Waals surface area contributed by atoms with Gasteiger partial charge in [-0.3, -0.25) is 4.79 Å². The number of carbonyl (C=O) groups is 1. The molecular weight excluding hydrogens is 342 g/mol. The van der Waals surface area contributed by atoms with Crippen LogP contribution in [0.25, 0.3) is 0 Å². The zero-order valence-electron chi connectivity index (χ0n) is 16.2. The second-order valence-corrected chi connectivity index (χ2v) is 7.24. The number of hydrogen-bond donors (Lipinski definition) is 1. The average Bonchev–Trinajstić information content (AvgIpc) is 3.44. The second-order valence-electron chi connectivity index (χ2n) is 6.87. The Bertz CT molecular complexity index is 461. The molecule has 3 heteroatoms. The molecule has 26 heavy (non-hydrogen) atoms. The van der Waals surface area contributed by atoms with Crippen molar-refractivity contribution in [1.82, 2.24) is 5.32 Å². The first-order chi connectivity index (χ1) is 12.8. The van der Waals surface area contributed by atoms with Gasteiger partial charge in [0.2, 0.25) is 5.91 Å². The molecule has 1 aliphatic rings. The van der Waals surface area contributed by atoms with Gasteiger partial charge in [0.1, 0.15) is 0 Å². The minimum Gasteiger partial charge on any atom is -0.353 e. The topological polar surface area (TPSA) is 29.1 Å². The van der Waals surface area contributed by atoms with Crippen LogP contribution in [0.4, 0.5) is 0 Å². The van der Waals surface area contributed by atoms with Crippen LogP contribution in [-0.2, 0) is 4.79 Å². The van der Waals surface area contributed by atoms with Crippen molar-refractivity contribution >= 4 is 17.5 Å². The van der Waals surface area contributed by atoms with E-state index in [0.717, 1.165) is 44.4 Å². The summed E-state index contributed by atoms with van der Waals surface area (Å²) in [7, 11) is 0. The molecule has 1 saturated carbocycles. The van der Waals surface area contributed by atoms with Crippen LogP contribution in [0, 0.1) is 0 Å². The zero-order valence-corrected chi connectivity index (χ0v) is 16.9. The van der Waals surface area contributed by atoms with Crippen molar-refractivity contribution in [1.29, 1.82) is 0 Å². The van der Waals surface area contributed by atoms with Crippen LogP contribution in [0.3, 0.4) is 0 Å². The Balaban J connectivity index is 1.85. The molecule has 2 nitrogen and oxygen atoms in total. The molecule has 0 saturated heterocycles. The van der Waals surface area contributed by atoms with Crippen LogP contribution in [0.5, 0.6) is 0 Å². The number of carbonyl (C=O) groups excluding carboxylic acids is 1. The van der Waals surface area contributed by atoms with E-state index >= 15 is 0 Å². The summed E-state index contributed by atoms with van der Waals surface area (Å²) in [6.45, 7) is 0. The first-order valence-corrected chi connectivity index (χ1v) is 10.8. The van der Waals surface area contributed by atoms with Gasteiger partial charge in [0, 0.05) is 18.3 Å². The number of nitrogens with one attached hydrogen (secondary N) is 1. The summed E-state index contributed by atoms with van der Waals surface area (Å²) in [4.78, 5) is 11.5. The SMILES string of the molecule is O=C(CCC/C=C\C/C=C\C/C=C\C/C=C\CCCCCCl)NC1CC1. The maximum absolute atomic E-state index is 11.5. The fourth-order valence-electron chi connectivity index (χ4n) is 2.49. The molecule has 1 aliphatic carbocycles. The molecule has 0 unspecified atom stereocenters. The standard InChI is InChI=1S/C23H36ClNO/c24-21-17-15-13-11-9-7-5-3-1-2-4-6-8-10-12-14-16-18-23(26)25-22-19-20-22/h1,3-4,6-7,9-10,12,22H,2,5,8,11,13-21H2,(H,25,26)/b3-1-,6-4-,9-7-,12-10-. The second kappa shape index (κ2) is 17.1. The lowest BCUT2D eigenvalue weighted by atomic mass is 10.2. The summed E-state index contributed by atoms with van der Waals surface area (Å²) >= 11 is 5.65. The van der Waals surface area contributed by atoms with E-state index in [1.165, 1.54) is 32.1 Å². The van der Waals surface area contributed by atoms with Crippen LogP contribution in [0.2, 0.25) is 0 Å². The number of hydrogen-bond acceptors (Lipinski definition) is 1. The number of alkyl halides is 1. The Kier molecular flexibility index (Phi) is 15.0. The summed E-state index contributed by atoms with van der Waals surface area (Å²) in [6, 6.07) is 0.486. The largest absolute Gasteiger partial charge is 0.353 e. The smallest absolute Gasteiger partial charge is 0.220 e. The highest BCUT2D eigenvalue weighted by molar-refractivity contribution is 6.17. The number of halogens is 1. The molecular formula is C23H36ClNO. The van der Waals surface area contributed by atoms with Gasteiger partial charge >= 0.3 is 0 Å². The van der Waals surface area contributed by atoms with E-state index in [9.17, 15) is 4.79 Å². The third kappa shape index (κ3) is 16.2. The first kappa shape index (κ1) is 22.8. The highest BCUT2D eigenvalue weighted by Gasteiger charge is 2.22. The predicted molar refractivity (Wildman–Crippen MR) is 115 cm³/mol. The van der Waals surface area contributed by atoms with Crippen molar-refractivity contribution in [2.45, 2.75) is 83.1 Å². The van der Waals surface area contributed by atoms with Gasteiger partial charge in [-0.2, -0.15) is 0 Å². The normalized spacial score (nSPS) is 15.1. The summed E-state index contributed by atoms with van der Waals surface area (Å²) in [5, 5.41) is 3.02. The molecule has 1 fully saturated rings. The van der Waals surface area contributed by atoms with E-state index < -0.39 is 0 Å². The molecule has 1 N–H and O–H groups in total. The molecule has 0 heterocycles. The van der Waals surface area contributed by atoms with E-state index in [1.807, 2.05) is 0 Å². The van der Waals surface area contributed by atoms with Gasteiger partial charge in [0.25, 0.3) is 0 Å². The molecule has 1 rings (SSSR count). The highest BCUT2D eigenvalue weighted by atomic mass is 35.5. The molecule has 0 aromatic carbocycles. The van der Waals surface area contributed by atoms with Gasteiger partial charge in [-0.1, -0.05) is 55.0 Å². The maximum atomic E-state index is 11.5. The van der Waals surface area contributed by atoms with Crippen molar-refractivity contribution in [3.63, 3.8) is 0 Å². The molecule has 0 aromatic rings. The lowest BCUT2D eigenvalue weighted by molar-refractivity contribution is -0.121. The number of amides is 1. The van der Waals surface area contributed by atoms with Crippen LogP contribution in [0.1, 0.15) is 77.0 Å². The van der Waals surface area contributed by atoms with Gasteiger partial charge in [-0.15, -0.1) is 11.6 Å². The molecule has 0 radical (unpaired) electrons. The number of allylic oxidation sites excluding steroid dienone is 8. The van der Waals surface area contributed by atoms with Gasteiger partial charge < -0.3 is 5.32 Å². The Morgan fingerprint density at radius 3 is 1.85 bits per heavy atom. The van der Waals surface area contributed by atoms with Gasteiger partial charge in [0.05, 0.1) is 0 Å². The van der Waals surface area contributed by atoms with Crippen LogP contribution >= 0.6 is 11.6 Å². The Hall–Kier alpha value is -1.28. The molecule has 0 atom stereocenters. The van der Waals surface area contributed by atoms with Crippen molar-refractivity contribution in [2.24, 2.45) is 0 Å². The average molecular weight is 378 g/mol.